The fraction of sp³-hybridized carbons (Fsp3) is 1.00. The van der Waals surface area contributed by atoms with Crippen LogP contribution in [0.3, 0.4) is 0 Å². The number of hydrogen-bond acceptors (Lipinski definition) is 2. The first-order valence-electron chi connectivity index (χ1n) is 9.06. The van der Waals surface area contributed by atoms with Crippen LogP contribution in [0, 0.1) is 11.8 Å². The first-order chi connectivity index (χ1) is 9.79. The molecule has 0 saturated heterocycles. The van der Waals surface area contributed by atoms with E-state index in [0.29, 0.717) is 11.8 Å². The molecule has 0 amide bonds. The summed E-state index contributed by atoms with van der Waals surface area (Å²) in [6.45, 7) is 19.8. The number of unbranched alkanes of at least 4 members (excludes halogenated alkanes) is 3. The molecule has 0 N–H and O–H groups in total. The van der Waals surface area contributed by atoms with Gasteiger partial charge in [-0.2, -0.15) is 0 Å². The van der Waals surface area contributed by atoms with E-state index in [1.54, 1.807) is 0 Å². The average Bonchev–Trinajstić information content (AvgIpc) is 2.42. The highest BCUT2D eigenvalue weighted by Gasteiger charge is 2.54. The van der Waals surface area contributed by atoms with Crippen molar-refractivity contribution in [2.24, 2.45) is 11.8 Å². The van der Waals surface area contributed by atoms with Crippen LogP contribution in [0.15, 0.2) is 0 Å². The Bertz CT molecular complexity index is 258. The molecule has 0 aliphatic heterocycles. The summed E-state index contributed by atoms with van der Waals surface area (Å²) in [5, 5.41) is 0.138. The maximum absolute atomic E-state index is 6.40. The van der Waals surface area contributed by atoms with Crippen molar-refractivity contribution in [3.8, 4) is 0 Å². The van der Waals surface area contributed by atoms with E-state index in [1.165, 1.54) is 25.7 Å². The Balaban J connectivity index is 5.22. The van der Waals surface area contributed by atoms with Gasteiger partial charge in [0.05, 0.1) is 0 Å². The molecule has 128 valence electrons. The van der Waals surface area contributed by atoms with Gasteiger partial charge in [0.25, 0.3) is 0 Å². The van der Waals surface area contributed by atoms with E-state index in [9.17, 15) is 0 Å². The van der Waals surface area contributed by atoms with Crippen molar-refractivity contribution >= 4 is 8.56 Å². The van der Waals surface area contributed by atoms with Gasteiger partial charge in [-0.1, -0.05) is 67.2 Å². The van der Waals surface area contributed by atoms with Crippen molar-refractivity contribution in [2.75, 3.05) is 13.2 Å². The summed E-state index contributed by atoms with van der Waals surface area (Å²) in [6.07, 6.45) is 5.15. The molecule has 0 aliphatic rings. The number of hydrogen-bond donors (Lipinski definition) is 0. The van der Waals surface area contributed by atoms with Crippen molar-refractivity contribution in [3.63, 3.8) is 0 Å². The highest BCUT2D eigenvalue weighted by molar-refractivity contribution is 6.70. The van der Waals surface area contributed by atoms with E-state index < -0.39 is 8.56 Å². The Morgan fingerprint density at radius 3 is 1.76 bits per heavy atom. The van der Waals surface area contributed by atoms with Crippen LogP contribution in [0.5, 0.6) is 0 Å². The Morgan fingerprint density at radius 2 is 1.38 bits per heavy atom. The van der Waals surface area contributed by atoms with Crippen molar-refractivity contribution in [1.29, 1.82) is 0 Å². The SMILES string of the molecule is CCCCCC[Si](OCC)(OCC)C(C)(C)C(C)C(C)C. The molecule has 0 heterocycles. The van der Waals surface area contributed by atoms with Crippen LogP contribution in [-0.4, -0.2) is 21.8 Å². The van der Waals surface area contributed by atoms with Gasteiger partial charge in [0.1, 0.15) is 0 Å². The lowest BCUT2D eigenvalue weighted by atomic mass is 9.86. The molecule has 0 spiro atoms. The molecule has 0 fully saturated rings. The van der Waals surface area contributed by atoms with E-state index in [-0.39, 0.29) is 5.04 Å². The van der Waals surface area contributed by atoms with Gasteiger partial charge in [0.15, 0.2) is 0 Å². The summed E-state index contributed by atoms with van der Waals surface area (Å²) < 4.78 is 12.8. The third-order valence-corrected chi connectivity index (χ3v) is 10.2. The smallest absolute Gasteiger partial charge is 0.344 e. The Labute approximate surface area is 135 Å². The van der Waals surface area contributed by atoms with Crippen LogP contribution in [0.4, 0.5) is 0 Å². The topological polar surface area (TPSA) is 18.5 Å². The van der Waals surface area contributed by atoms with Crippen LogP contribution < -0.4 is 0 Å². The van der Waals surface area contributed by atoms with Gasteiger partial charge >= 0.3 is 8.56 Å². The zero-order valence-corrected chi connectivity index (χ0v) is 16.9. The monoisotopic (exact) mass is 316 g/mol. The maximum Gasteiger partial charge on any atom is 0.344 e. The molecule has 0 radical (unpaired) electrons. The minimum absolute atomic E-state index is 0.138. The van der Waals surface area contributed by atoms with Crippen molar-refractivity contribution in [1.82, 2.24) is 0 Å². The average molecular weight is 317 g/mol. The minimum Gasteiger partial charge on any atom is -0.394 e. The van der Waals surface area contributed by atoms with E-state index in [2.05, 4.69) is 55.4 Å². The second-order valence-corrected chi connectivity index (χ2v) is 11.1. The second kappa shape index (κ2) is 10.0. The largest absolute Gasteiger partial charge is 0.394 e. The van der Waals surface area contributed by atoms with Gasteiger partial charge in [-0.15, -0.1) is 0 Å². The second-order valence-electron chi connectivity index (χ2n) is 7.18. The maximum atomic E-state index is 6.40. The summed E-state index contributed by atoms with van der Waals surface area (Å²) in [7, 11) is -2.20. The molecule has 0 rings (SSSR count). The third kappa shape index (κ3) is 5.68. The van der Waals surface area contributed by atoms with Crippen molar-refractivity contribution in [2.45, 2.75) is 92.2 Å². The standard InChI is InChI=1S/C18H40O2Si/c1-9-12-13-14-15-21(19-10-2,20-11-3)18(7,8)17(6)16(4)5/h16-17H,9-15H2,1-8H3. The van der Waals surface area contributed by atoms with E-state index in [1.807, 2.05) is 0 Å². The predicted octanol–water partition coefficient (Wildman–Crippen LogP) is 6.15. The Kier molecular flexibility index (Phi) is 10.1. The summed E-state index contributed by atoms with van der Waals surface area (Å²) in [4.78, 5) is 0. The summed E-state index contributed by atoms with van der Waals surface area (Å²) in [5.41, 5.74) is 0. The van der Waals surface area contributed by atoms with Gasteiger partial charge in [0.2, 0.25) is 0 Å². The molecule has 3 heteroatoms. The fourth-order valence-corrected chi connectivity index (χ4v) is 7.75. The molecule has 0 bridgehead atoms. The lowest BCUT2D eigenvalue weighted by Gasteiger charge is -2.47. The summed E-state index contributed by atoms with van der Waals surface area (Å²) >= 11 is 0. The highest BCUT2D eigenvalue weighted by atomic mass is 28.4. The number of rotatable bonds is 12. The molecule has 0 aromatic carbocycles. The predicted molar refractivity (Wildman–Crippen MR) is 96.0 cm³/mol. The first-order valence-corrected chi connectivity index (χ1v) is 11.1. The molecule has 2 nitrogen and oxygen atoms in total. The van der Waals surface area contributed by atoms with Crippen LogP contribution in [0.2, 0.25) is 11.1 Å². The molecule has 1 atom stereocenters. The summed E-state index contributed by atoms with van der Waals surface area (Å²) in [5.74, 6) is 1.26. The van der Waals surface area contributed by atoms with Crippen molar-refractivity contribution < 1.29 is 8.85 Å². The molecule has 21 heavy (non-hydrogen) atoms. The quantitative estimate of drug-likeness (QED) is 0.317. The molecule has 0 aromatic heterocycles. The van der Waals surface area contributed by atoms with E-state index in [0.717, 1.165) is 19.3 Å². The van der Waals surface area contributed by atoms with Crippen LogP contribution in [-0.2, 0) is 8.85 Å². The molecular formula is C18H40O2Si. The first kappa shape index (κ1) is 21.1. The Hall–Kier alpha value is 0.137. The van der Waals surface area contributed by atoms with E-state index in [4.69, 9.17) is 8.85 Å². The zero-order chi connectivity index (χ0) is 16.5. The normalized spacial score (nSPS) is 14.7. The van der Waals surface area contributed by atoms with Crippen molar-refractivity contribution in [3.05, 3.63) is 0 Å². The van der Waals surface area contributed by atoms with Gasteiger partial charge in [-0.05, 0) is 31.7 Å². The minimum atomic E-state index is -2.20. The molecule has 0 aromatic rings. The van der Waals surface area contributed by atoms with Crippen LogP contribution in [0.25, 0.3) is 0 Å². The molecule has 1 unspecified atom stereocenters. The van der Waals surface area contributed by atoms with Gasteiger partial charge < -0.3 is 8.85 Å². The van der Waals surface area contributed by atoms with Gasteiger partial charge in [-0.25, -0.2) is 0 Å². The van der Waals surface area contributed by atoms with Gasteiger partial charge in [-0.3, -0.25) is 0 Å². The lowest BCUT2D eigenvalue weighted by molar-refractivity contribution is 0.131. The van der Waals surface area contributed by atoms with Gasteiger partial charge in [0, 0.05) is 18.3 Å². The fourth-order valence-electron chi connectivity index (χ4n) is 3.31. The Morgan fingerprint density at radius 1 is 0.857 bits per heavy atom. The summed E-state index contributed by atoms with van der Waals surface area (Å²) in [6, 6.07) is 1.14. The lowest BCUT2D eigenvalue weighted by Crippen LogP contribution is -2.54. The van der Waals surface area contributed by atoms with Crippen LogP contribution in [0.1, 0.15) is 81.1 Å². The zero-order valence-electron chi connectivity index (χ0n) is 15.9. The molecular weight excluding hydrogens is 276 g/mol. The highest BCUT2D eigenvalue weighted by Crippen LogP contribution is 2.50. The van der Waals surface area contributed by atoms with Crippen LogP contribution >= 0.6 is 0 Å². The van der Waals surface area contributed by atoms with E-state index >= 15 is 0 Å². The molecule has 0 saturated carbocycles. The molecule has 0 aliphatic carbocycles. The third-order valence-electron chi connectivity index (χ3n) is 5.23.